The average molecular weight is 488 g/mol. The van der Waals surface area contributed by atoms with Crippen molar-refractivity contribution in [2.75, 3.05) is 6.54 Å². The van der Waals surface area contributed by atoms with Crippen LogP contribution in [0.25, 0.3) is 11.3 Å². The molecule has 3 heterocycles. The number of hydrogen-bond donors (Lipinski definition) is 0. The van der Waals surface area contributed by atoms with E-state index in [1.807, 2.05) is 90.4 Å². The van der Waals surface area contributed by atoms with Crippen molar-refractivity contribution in [3.8, 4) is 11.3 Å². The van der Waals surface area contributed by atoms with Gasteiger partial charge in [0.2, 0.25) is 0 Å². The molecule has 37 heavy (non-hydrogen) atoms. The SMILES string of the molecule is Cc1nc2c(c(=O)n1C(c1ccccc1)c1ccccc1)CN(Cc1ccc(-c3ccccc3)o1)CC2. The first-order valence-corrected chi connectivity index (χ1v) is 12.7. The molecule has 3 aromatic carbocycles. The van der Waals surface area contributed by atoms with Crippen molar-refractivity contribution < 1.29 is 4.42 Å². The molecule has 184 valence electrons. The molecule has 0 spiro atoms. The Morgan fingerprint density at radius 1 is 0.838 bits per heavy atom. The highest BCUT2D eigenvalue weighted by atomic mass is 16.3. The molecule has 1 aliphatic heterocycles. The maximum Gasteiger partial charge on any atom is 0.259 e. The highest BCUT2D eigenvalue weighted by molar-refractivity contribution is 5.57. The van der Waals surface area contributed by atoms with Gasteiger partial charge in [0.1, 0.15) is 17.3 Å². The summed E-state index contributed by atoms with van der Waals surface area (Å²) < 4.78 is 8.02. The first-order valence-electron chi connectivity index (χ1n) is 12.7. The summed E-state index contributed by atoms with van der Waals surface area (Å²) in [5.41, 5.74) is 4.93. The van der Waals surface area contributed by atoms with Crippen molar-refractivity contribution in [2.45, 2.75) is 32.5 Å². The minimum Gasteiger partial charge on any atom is -0.460 e. The van der Waals surface area contributed by atoms with Crippen LogP contribution in [-0.4, -0.2) is 21.0 Å². The highest BCUT2D eigenvalue weighted by Crippen LogP contribution is 2.28. The summed E-state index contributed by atoms with van der Waals surface area (Å²) in [5.74, 6) is 2.50. The summed E-state index contributed by atoms with van der Waals surface area (Å²) in [6.45, 7) is 3.99. The molecular formula is C32H29N3O2. The Bertz CT molecular complexity index is 1520. The molecule has 0 bridgehead atoms. The molecule has 0 saturated carbocycles. The van der Waals surface area contributed by atoms with Crippen LogP contribution in [0.15, 0.2) is 112 Å². The number of nitrogens with zero attached hydrogens (tertiary/aromatic N) is 3. The monoisotopic (exact) mass is 487 g/mol. The zero-order chi connectivity index (χ0) is 25.2. The lowest BCUT2D eigenvalue weighted by Crippen LogP contribution is -2.40. The number of fused-ring (bicyclic) bond motifs is 1. The first-order chi connectivity index (χ1) is 18.2. The van der Waals surface area contributed by atoms with Crippen LogP contribution in [0.1, 0.15) is 40.0 Å². The van der Waals surface area contributed by atoms with Crippen LogP contribution < -0.4 is 5.56 Å². The summed E-state index contributed by atoms with van der Waals surface area (Å²) >= 11 is 0. The summed E-state index contributed by atoms with van der Waals surface area (Å²) in [6, 6.07) is 34.3. The van der Waals surface area contributed by atoms with Crippen LogP contribution in [0.5, 0.6) is 0 Å². The van der Waals surface area contributed by atoms with Crippen LogP contribution in [0.2, 0.25) is 0 Å². The Labute approximate surface area is 216 Å². The van der Waals surface area contributed by atoms with Gasteiger partial charge >= 0.3 is 0 Å². The molecule has 0 atom stereocenters. The fourth-order valence-corrected chi connectivity index (χ4v) is 5.31. The fraction of sp³-hybridized carbons (Fsp3) is 0.188. The van der Waals surface area contributed by atoms with Crippen molar-refractivity contribution in [3.05, 3.63) is 147 Å². The van der Waals surface area contributed by atoms with Gasteiger partial charge in [0.15, 0.2) is 0 Å². The van der Waals surface area contributed by atoms with Crippen molar-refractivity contribution in [3.63, 3.8) is 0 Å². The summed E-state index contributed by atoms with van der Waals surface area (Å²) in [5, 5.41) is 0. The van der Waals surface area contributed by atoms with E-state index in [4.69, 9.17) is 9.40 Å². The number of aryl methyl sites for hydroxylation is 1. The molecule has 0 unspecified atom stereocenters. The second-order valence-corrected chi connectivity index (χ2v) is 9.58. The number of benzene rings is 3. The highest BCUT2D eigenvalue weighted by Gasteiger charge is 2.27. The summed E-state index contributed by atoms with van der Waals surface area (Å²) in [4.78, 5) is 21.3. The standard InChI is InChI=1S/C32H29N3O2/c1-23-33-29-19-20-34(21-27-17-18-30(37-27)24-11-5-2-6-12-24)22-28(29)32(36)35(23)31(25-13-7-3-8-14-25)26-15-9-4-10-16-26/h2-18,31H,19-22H2,1H3. The molecular weight excluding hydrogens is 458 g/mol. The molecule has 1 aliphatic rings. The second-order valence-electron chi connectivity index (χ2n) is 9.58. The van der Waals surface area contributed by atoms with Gasteiger partial charge in [-0.05, 0) is 30.2 Å². The maximum absolute atomic E-state index is 14.1. The van der Waals surface area contributed by atoms with Crippen LogP contribution in [0, 0.1) is 6.92 Å². The Morgan fingerprint density at radius 2 is 1.46 bits per heavy atom. The van der Waals surface area contributed by atoms with Crippen molar-refractivity contribution >= 4 is 0 Å². The largest absolute Gasteiger partial charge is 0.460 e. The quantitative estimate of drug-likeness (QED) is 0.294. The first kappa shape index (κ1) is 23.2. The molecule has 5 heteroatoms. The van der Waals surface area contributed by atoms with Gasteiger partial charge in [-0.2, -0.15) is 0 Å². The molecule has 0 amide bonds. The van der Waals surface area contributed by atoms with Crippen molar-refractivity contribution in [2.24, 2.45) is 0 Å². The maximum atomic E-state index is 14.1. The van der Waals surface area contributed by atoms with E-state index in [1.165, 1.54) is 0 Å². The Kier molecular flexibility index (Phi) is 6.29. The topological polar surface area (TPSA) is 51.3 Å². The predicted molar refractivity (Wildman–Crippen MR) is 145 cm³/mol. The van der Waals surface area contributed by atoms with Crippen LogP contribution in [0.3, 0.4) is 0 Å². The van der Waals surface area contributed by atoms with Gasteiger partial charge in [0.05, 0.1) is 23.8 Å². The predicted octanol–water partition coefficient (Wildman–Crippen LogP) is 6.01. The minimum absolute atomic E-state index is 0.0364. The van der Waals surface area contributed by atoms with E-state index >= 15 is 0 Å². The number of rotatable bonds is 6. The lowest BCUT2D eigenvalue weighted by Gasteiger charge is -2.30. The summed E-state index contributed by atoms with van der Waals surface area (Å²) in [6.07, 6.45) is 0.750. The van der Waals surface area contributed by atoms with E-state index in [0.29, 0.717) is 13.1 Å². The van der Waals surface area contributed by atoms with Gasteiger partial charge in [-0.3, -0.25) is 14.3 Å². The second kappa shape index (κ2) is 10.0. The van der Waals surface area contributed by atoms with Crippen LogP contribution in [-0.2, 0) is 19.5 Å². The Balaban J connectivity index is 1.33. The fourth-order valence-electron chi connectivity index (χ4n) is 5.31. The molecule has 0 radical (unpaired) electrons. The molecule has 0 N–H and O–H groups in total. The molecule has 5 aromatic rings. The van der Waals surface area contributed by atoms with E-state index in [1.54, 1.807) is 0 Å². The van der Waals surface area contributed by atoms with E-state index in [9.17, 15) is 4.79 Å². The van der Waals surface area contributed by atoms with E-state index in [2.05, 4.69) is 29.2 Å². The summed E-state index contributed by atoms with van der Waals surface area (Å²) in [7, 11) is 0. The van der Waals surface area contributed by atoms with Crippen molar-refractivity contribution in [1.29, 1.82) is 0 Å². The normalized spacial score (nSPS) is 13.6. The molecule has 2 aromatic heterocycles. The lowest BCUT2D eigenvalue weighted by molar-refractivity contribution is 0.222. The molecule has 0 fully saturated rings. The van der Waals surface area contributed by atoms with Gasteiger partial charge in [0, 0.05) is 25.1 Å². The third-order valence-corrected chi connectivity index (χ3v) is 7.11. The van der Waals surface area contributed by atoms with Gasteiger partial charge in [0.25, 0.3) is 5.56 Å². The average Bonchev–Trinajstić information content (AvgIpc) is 3.41. The van der Waals surface area contributed by atoms with Crippen molar-refractivity contribution in [1.82, 2.24) is 14.5 Å². The lowest BCUT2D eigenvalue weighted by atomic mass is 9.97. The van der Waals surface area contributed by atoms with Gasteiger partial charge in [-0.1, -0.05) is 91.0 Å². The minimum atomic E-state index is -0.235. The van der Waals surface area contributed by atoms with Crippen LogP contribution >= 0.6 is 0 Å². The van der Waals surface area contributed by atoms with Gasteiger partial charge < -0.3 is 4.42 Å². The molecule has 0 aliphatic carbocycles. The molecule has 5 nitrogen and oxygen atoms in total. The number of hydrogen-bond acceptors (Lipinski definition) is 4. The molecule has 6 rings (SSSR count). The zero-order valence-corrected chi connectivity index (χ0v) is 20.9. The Morgan fingerprint density at radius 3 is 2.11 bits per heavy atom. The van der Waals surface area contributed by atoms with Gasteiger partial charge in [-0.15, -0.1) is 0 Å². The third-order valence-electron chi connectivity index (χ3n) is 7.11. The zero-order valence-electron chi connectivity index (χ0n) is 20.9. The number of furan rings is 1. The Hall–Kier alpha value is -4.22. The van der Waals surface area contributed by atoms with E-state index in [0.717, 1.165) is 58.3 Å². The van der Waals surface area contributed by atoms with Crippen LogP contribution in [0.4, 0.5) is 0 Å². The third kappa shape index (κ3) is 4.66. The van der Waals surface area contributed by atoms with Gasteiger partial charge in [-0.25, -0.2) is 4.98 Å². The smallest absolute Gasteiger partial charge is 0.259 e. The van der Waals surface area contributed by atoms with E-state index in [-0.39, 0.29) is 11.6 Å². The molecule has 0 saturated heterocycles. The number of aromatic nitrogens is 2. The van der Waals surface area contributed by atoms with E-state index < -0.39 is 0 Å².